The summed E-state index contributed by atoms with van der Waals surface area (Å²) >= 11 is 0. The molecule has 1 aromatic carbocycles. The molecule has 0 saturated carbocycles. The van der Waals surface area contributed by atoms with E-state index in [-0.39, 0.29) is 11.9 Å². The van der Waals surface area contributed by atoms with Crippen LogP contribution in [0.25, 0.3) is 0 Å². The van der Waals surface area contributed by atoms with Gasteiger partial charge in [0.1, 0.15) is 5.60 Å². The van der Waals surface area contributed by atoms with Crippen molar-refractivity contribution in [1.82, 2.24) is 0 Å². The van der Waals surface area contributed by atoms with Crippen molar-refractivity contribution < 1.29 is 9.53 Å². The summed E-state index contributed by atoms with van der Waals surface area (Å²) in [6.07, 6.45) is 2.23. The van der Waals surface area contributed by atoms with Gasteiger partial charge in [-0.1, -0.05) is 12.1 Å². The Hall–Kier alpha value is -1.55. The van der Waals surface area contributed by atoms with Crippen molar-refractivity contribution in [3.8, 4) is 0 Å². The van der Waals surface area contributed by atoms with Gasteiger partial charge in [0.25, 0.3) is 0 Å². The first-order chi connectivity index (χ1) is 9.31. The average Bonchev–Trinajstić information content (AvgIpc) is 2.34. The standard InChI is InChI=1S/C16H26N2O2/c1-16(2,3)20-15(19)13(10-11-17)7-4-12-5-8-14(18)9-6-12/h5-6,8-9,13H,4,7,10-11,17-18H2,1-3H3. The van der Waals surface area contributed by atoms with E-state index in [9.17, 15) is 4.79 Å². The van der Waals surface area contributed by atoms with Crippen LogP contribution in [0.5, 0.6) is 0 Å². The SMILES string of the molecule is CC(C)(C)OC(=O)C(CCN)CCc1ccc(N)cc1. The van der Waals surface area contributed by atoms with E-state index in [1.807, 2.05) is 45.0 Å². The Balaban J connectivity index is 2.58. The number of ether oxygens (including phenoxy) is 1. The molecule has 20 heavy (non-hydrogen) atoms. The Morgan fingerprint density at radius 2 is 1.80 bits per heavy atom. The summed E-state index contributed by atoms with van der Waals surface area (Å²) in [5.74, 6) is -0.296. The average molecular weight is 278 g/mol. The number of esters is 1. The van der Waals surface area contributed by atoms with Gasteiger partial charge in [0.15, 0.2) is 0 Å². The monoisotopic (exact) mass is 278 g/mol. The second-order valence-electron chi connectivity index (χ2n) is 6.09. The van der Waals surface area contributed by atoms with Crippen LogP contribution in [-0.4, -0.2) is 18.1 Å². The molecule has 0 aliphatic rings. The highest BCUT2D eigenvalue weighted by Gasteiger charge is 2.24. The molecule has 0 amide bonds. The maximum Gasteiger partial charge on any atom is 0.309 e. The molecule has 1 aromatic rings. The first kappa shape index (κ1) is 16.5. The maximum atomic E-state index is 12.1. The molecule has 4 heteroatoms. The van der Waals surface area contributed by atoms with E-state index in [0.717, 1.165) is 18.5 Å². The van der Waals surface area contributed by atoms with E-state index in [2.05, 4.69) is 0 Å². The van der Waals surface area contributed by atoms with Crippen LogP contribution in [0, 0.1) is 5.92 Å². The molecule has 0 spiro atoms. The second-order valence-corrected chi connectivity index (χ2v) is 6.09. The Morgan fingerprint density at radius 1 is 1.20 bits per heavy atom. The van der Waals surface area contributed by atoms with Crippen LogP contribution in [0.3, 0.4) is 0 Å². The molecule has 4 nitrogen and oxygen atoms in total. The molecule has 1 unspecified atom stereocenters. The minimum absolute atomic E-state index is 0.142. The molecule has 4 N–H and O–H groups in total. The van der Waals surface area contributed by atoms with Crippen molar-refractivity contribution in [3.05, 3.63) is 29.8 Å². The Morgan fingerprint density at radius 3 is 2.30 bits per heavy atom. The lowest BCUT2D eigenvalue weighted by Crippen LogP contribution is -2.30. The maximum absolute atomic E-state index is 12.1. The molecule has 0 fully saturated rings. The molecule has 0 aliphatic heterocycles. The highest BCUT2D eigenvalue weighted by atomic mass is 16.6. The molecule has 0 saturated heterocycles. The van der Waals surface area contributed by atoms with Crippen molar-refractivity contribution in [3.63, 3.8) is 0 Å². The lowest BCUT2D eigenvalue weighted by molar-refractivity contribution is -0.160. The summed E-state index contributed by atoms with van der Waals surface area (Å²) < 4.78 is 5.45. The van der Waals surface area contributed by atoms with Crippen molar-refractivity contribution in [2.75, 3.05) is 12.3 Å². The van der Waals surface area contributed by atoms with Crippen molar-refractivity contribution >= 4 is 11.7 Å². The normalized spacial score (nSPS) is 13.0. The second kappa shape index (κ2) is 7.29. The van der Waals surface area contributed by atoms with Crippen LogP contribution in [0.1, 0.15) is 39.2 Å². The van der Waals surface area contributed by atoms with Crippen LogP contribution >= 0.6 is 0 Å². The van der Waals surface area contributed by atoms with Gasteiger partial charge in [-0.3, -0.25) is 4.79 Å². The lowest BCUT2D eigenvalue weighted by Gasteiger charge is -2.23. The molecule has 112 valence electrons. The Labute approximate surface area is 121 Å². The molecular weight excluding hydrogens is 252 g/mol. The van der Waals surface area contributed by atoms with E-state index < -0.39 is 5.60 Å². The zero-order valence-electron chi connectivity index (χ0n) is 12.7. The number of benzene rings is 1. The molecule has 0 bridgehead atoms. The van der Waals surface area contributed by atoms with Gasteiger partial charge in [0.2, 0.25) is 0 Å². The minimum atomic E-state index is -0.453. The van der Waals surface area contributed by atoms with Gasteiger partial charge in [-0.2, -0.15) is 0 Å². The zero-order valence-corrected chi connectivity index (χ0v) is 12.7. The summed E-state index contributed by atoms with van der Waals surface area (Å²) in [6, 6.07) is 7.73. The molecule has 0 radical (unpaired) electrons. The number of aryl methyl sites for hydroxylation is 1. The molecule has 0 aliphatic carbocycles. The van der Waals surface area contributed by atoms with Gasteiger partial charge in [-0.15, -0.1) is 0 Å². The van der Waals surface area contributed by atoms with E-state index in [1.54, 1.807) is 0 Å². The number of rotatable bonds is 6. The number of anilines is 1. The quantitative estimate of drug-likeness (QED) is 0.619. The predicted octanol–water partition coefficient (Wildman–Crippen LogP) is 2.51. The minimum Gasteiger partial charge on any atom is -0.460 e. The largest absolute Gasteiger partial charge is 0.460 e. The fraction of sp³-hybridized carbons (Fsp3) is 0.562. The summed E-state index contributed by atoms with van der Waals surface area (Å²) in [4.78, 5) is 12.1. The van der Waals surface area contributed by atoms with Crippen LogP contribution in [0.15, 0.2) is 24.3 Å². The zero-order chi connectivity index (χ0) is 15.2. The van der Waals surface area contributed by atoms with Crippen molar-refractivity contribution in [2.45, 2.75) is 45.6 Å². The first-order valence-electron chi connectivity index (χ1n) is 7.09. The highest BCUT2D eigenvalue weighted by Crippen LogP contribution is 2.19. The number of nitrogen functional groups attached to an aromatic ring is 1. The third-order valence-corrected chi connectivity index (χ3v) is 3.02. The number of carbonyl (C=O) groups is 1. The third-order valence-electron chi connectivity index (χ3n) is 3.02. The fourth-order valence-corrected chi connectivity index (χ4v) is 1.99. The van der Waals surface area contributed by atoms with Gasteiger partial charge in [-0.25, -0.2) is 0 Å². The number of nitrogens with two attached hydrogens (primary N) is 2. The predicted molar refractivity (Wildman–Crippen MR) is 82.2 cm³/mol. The smallest absolute Gasteiger partial charge is 0.309 e. The van der Waals surface area contributed by atoms with E-state index >= 15 is 0 Å². The topological polar surface area (TPSA) is 78.3 Å². The first-order valence-corrected chi connectivity index (χ1v) is 7.09. The van der Waals surface area contributed by atoms with Gasteiger partial charge in [0.05, 0.1) is 5.92 Å². The molecular formula is C16H26N2O2. The molecule has 1 rings (SSSR count). The van der Waals surface area contributed by atoms with Gasteiger partial charge in [-0.05, 0) is 64.3 Å². The number of hydrogen-bond donors (Lipinski definition) is 2. The van der Waals surface area contributed by atoms with Crippen LogP contribution in [-0.2, 0) is 16.0 Å². The van der Waals surface area contributed by atoms with Gasteiger partial charge < -0.3 is 16.2 Å². The molecule has 0 heterocycles. The van der Waals surface area contributed by atoms with Crippen LogP contribution in [0.4, 0.5) is 5.69 Å². The van der Waals surface area contributed by atoms with Crippen LogP contribution < -0.4 is 11.5 Å². The van der Waals surface area contributed by atoms with E-state index in [4.69, 9.17) is 16.2 Å². The van der Waals surface area contributed by atoms with E-state index in [0.29, 0.717) is 13.0 Å². The summed E-state index contributed by atoms with van der Waals surface area (Å²) in [5.41, 5.74) is 12.7. The summed E-state index contributed by atoms with van der Waals surface area (Å²) in [5, 5.41) is 0. The third kappa shape index (κ3) is 6.06. The van der Waals surface area contributed by atoms with Crippen molar-refractivity contribution in [2.24, 2.45) is 11.7 Å². The lowest BCUT2D eigenvalue weighted by atomic mass is 9.96. The van der Waals surface area contributed by atoms with E-state index in [1.165, 1.54) is 5.56 Å². The Kier molecular flexibility index (Phi) is 6.02. The Bertz CT molecular complexity index is 421. The van der Waals surface area contributed by atoms with Gasteiger partial charge >= 0.3 is 5.97 Å². The van der Waals surface area contributed by atoms with Crippen molar-refractivity contribution in [1.29, 1.82) is 0 Å². The molecule has 0 aromatic heterocycles. The van der Waals surface area contributed by atoms with Crippen LogP contribution in [0.2, 0.25) is 0 Å². The summed E-state index contributed by atoms with van der Waals surface area (Å²) in [6.45, 7) is 6.13. The number of carbonyl (C=O) groups excluding carboxylic acids is 1. The summed E-state index contributed by atoms with van der Waals surface area (Å²) in [7, 11) is 0. The van der Waals surface area contributed by atoms with Gasteiger partial charge in [0, 0.05) is 5.69 Å². The fourth-order valence-electron chi connectivity index (χ4n) is 1.99. The molecule has 1 atom stereocenters. The highest BCUT2D eigenvalue weighted by molar-refractivity contribution is 5.72. The number of hydrogen-bond acceptors (Lipinski definition) is 4.